The van der Waals surface area contributed by atoms with Gasteiger partial charge in [0.2, 0.25) is 0 Å². The van der Waals surface area contributed by atoms with Gasteiger partial charge in [0, 0.05) is 5.56 Å². The molecule has 1 heterocycles. The van der Waals surface area contributed by atoms with E-state index in [1.54, 1.807) is 30.5 Å². The summed E-state index contributed by atoms with van der Waals surface area (Å²) in [6.07, 6.45) is 1.63. The van der Waals surface area contributed by atoms with Crippen molar-refractivity contribution in [3.05, 3.63) is 78.6 Å². The van der Waals surface area contributed by atoms with Crippen LogP contribution in [0.4, 0.5) is 0 Å². The summed E-state index contributed by atoms with van der Waals surface area (Å²) in [6, 6.07) is 21.8. The first kappa shape index (κ1) is 13.4. The van der Waals surface area contributed by atoms with Gasteiger partial charge in [-0.3, -0.25) is 0 Å². The zero-order chi connectivity index (χ0) is 14.2. The molecule has 0 bridgehead atoms. The molecule has 98 valence electrons. The molecule has 0 saturated heterocycles. The van der Waals surface area contributed by atoms with Crippen LogP contribution in [-0.4, -0.2) is 5.11 Å². The molecule has 0 aliphatic carbocycles. The number of phenolic OH excluding ortho intramolecular Hbond substituents is 1. The summed E-state index contributed by atoms with van der Waals surface area (Å²) in [5.74, 6) is 1.08. The van der Waals surface area contributed by atoms with E-state index in [-0.39, 0.29) is 5.75 Å². The largest absolute Gasteiger partial charge is 0.508 e. The molecule has 3 nitrogen and oxygen atoms in total. The lowest BCUT2D eigenvalue weighted by atomic mass is 10.2. The van der Waals surface area contributed by atoms with Crippen LogP contribution in [0.2, 0.25) is 0 Å². The Morgan fingerprint density at radius 2 is 1.55 bits per heavy atom. The molecule has 0 aliphatic heterocycles. The van der Waals surface area contributed by atoms with Crippen LogP contribution >= 0.6 is 0 Å². The van der Waals surface area contributed by atoms with Gasteiger partial charge >= 0.3 is 0 Å². The number of nitriles is 1. The summed E-state index contributed by atoms with van der Waals surface area (Å²) in [6.45, 7) is 0. The summed E-state index contributed by atoms with van der Waals surface area (Å²) < 4.78 is 5.18. The van der Waals surface area contributed by atoms with Crippen LogP contribution in [-0.2, 0) is 0 Å². The number of furan rings is 1. The first-order valence-corrected chi connectivity index (χ1v) is 6.07. The third kappa shape index (κ3) is 3.76. The van der Waals surface area contributed by atoms with E-state index in [0.717, 1.165) is 11.3 Å². The third-order valence-electron chi connectivity index (χ3n) is 2.58. The molecule has 3 aromatic rings. The molecule has 0 saturated carbocycles. The lowest BCUT2D eigenvalue weighted by Gasteiger charge is -1.95. The monoisotopic (exact) mass is 263 g/mol. The lowest BCUT2D eigenvalue weighted by molar-refractivity contribution is 0.475. The maximum absolute atomic E-state index is 9.02. The molecular weight excluding hydrogens is 250 g/mol. The summed E-state index contributed by atoms with van der Waals surface area (Å²) in [4.78, 5) is 0. The fourth-order valence-corrected chi connectivity index (χ4v) is 1.58. The van der Waals surface area contributed by atoms with Gasteiger partial charge in [-0.1, -0.05) is 18.2 Å². The van der Waals surface area contributed by atoms with Crippen molar-refractivity contribution in [3.63, 3.8) is 0 Å². The van der Waals surface area contributed by atoms with Crippen LogP contribution in [0.25, 0.3) is 11.3 Å². The summed E-state index contributed by atoms with van der Waals surface area (Å²) in [5.41, 5.74) is 1.69. The Morgan fingerprint density at radius 3 is 2.05 bits per heavy atom. The van der Waals surface area contributed by atoms with Crippen LogP contribution in [0.1, 0.15) is 5.56 Å². The van der Waals surface area contributed by atoms with Gasteiger partial charge in [-0.15, -0.1) is 0 Å². The highest BCUT2D eigenvalue weighted by atomic mass is 16.3. The van der Waals surface area contributed by atoms with Crippen molar-refractivity contribution in [2.75, 3.05) is 0 Å². The third-order valence-corrected chi connectivity index (χ3v) is 2.58. The molecule has 3 rings (SSSR count). The number of benzene rings is 2. The second kappa shape index (κ2) is 6.81. The molecule has 0 spiro atoms. The molecule has 0 amide bonds. The number of phenols is 1. The Labute approximate surface area is 117 Å². The number of nitrogens with zero attached hydrogens (tertiary/aromatic N) is 1. The standard InChI is InChI=1S/C10H8O2.C7H5N/c11-9-5-3-8(4-6-9)10-2-1-7-12-10;8-6-7-4-2-1-3-5-7/h1-7,11H;1-5H. The molecule has 0 fully saturated rings. The van der Waals surface area contributed by atoms with E-state index in [0.29, 0.717) is 5.56 Å². The highest BCUT2D eigenvalue weighted by molar-refractivity contribution is 5.57. The Hall–Kier alpha value is -2.99. The van der Waals surface area contributed by atoms with Crippen molar-refractivity contribution in [2.45, 2.75) is 0 Å². The minimum absolute atomic E-state index is 0.269. The minimum atomic E-state index is 0.269. The lowest BCUT2D eigenvalue weighted by Crippen LogP contribution is -1.71. The Kier molecular flexibility index (Phi) is 4.58. The normalized spacial score (nSPS) is 9.15. The Balaban J connectivity index is 0.000000160. The number of hydrogen-bond donors (Lipinski definition) is 1. The van der Waals surface area contributed by atoms with Crippen LogP contribution < -0.4 is 0 Å². The van der Waals surface area contributed by atoms with E-state index in [9.17, 15) is 0 Å². The average molecular weight is 263 g/mol. The summed E-state index contributed by atoms with van der Waals surface area (Å²) >= 11 is 0. The molecule has 20 heavy (non-hydrogen) atoms. The summed E-state index contributed by atoms with van der Waals surface area (Å²) in [7, 11) is 0. The maximum atomic E-state index is 9.02. The predicted octanol–water partition coefficient (Wildman–Crippen LogP) is 4.21. The zero-order valence-electron chi connectivity index (χ0n) is 10.7. The van der Waals surface area contributed by atoms with Gasteiger partial charge in [-0.25, -0.2) is 0 Å². The van der Waals surface area contributed by atoms with Crippen molar-refractivity contribution >= 4 is 0 Å². The van der Waals surface area contributed by atoms with Crippen molar-refractivity contribution in [1.82, 2.24) is 0 Å². The molecule has 0 radical (unpaired) electrons. The van der Waals surface area contributed by atoms with E-state index >= 15 is 0 Å². The average Bonchev–Trinajstić information content (AvgIpc) is 3.04. The minimum Gasteiger partial charge on any atom is -0.508 e. The molecular formula is C17H13NO2. The fraction of sp³-hybridized carbons (Fsp3) is 0. The number of rotatable bonds is 1. The van der Waals surface area contributed by atoms with Crippen molar-refractivity contribution in [3.8, 4) is 23.1 Å². The molecule has 1 N–H and O–H groups in total. The quantitative estimate of drug-likeness (QED) is 0.715. The molecule has 0 aliphatic rings. The highest BCUT2D eigenvalue weighted by Gasteiger charge is 1.98. The topological polar surface area (TPSA) is 57.2 Å². The number of aromatic hydroxyl groups is 1. The van der Waals surface area contributed by atoms with Crippen molar-refractivity contribution in [1.29, 1.82) is 5.26 Å². The van der Waals surface area contributed by atoms with Gasteiger partial charge in [-0.2, -0.15) is 5.26 Å². The van der Waals surface area contributed by atoms with Crippen LogP contribution in [0.15, 0.2) is 77.4 Å². The Bertz CT molecular complexity index is 665. The number of hydrogen-bond acceptors (Lipinski definition) is 3. The van der Waals surface area contributed by atoms with Gasteiger partial charge in [0.15, 0.2) is 0 Å². The van der Waals surface area contributed by atoms with Gasteiger partial charge in [0.1, 0.15) is 11.5 Å². The smallest absolute Gasteiger partial charge is 0.133 e. The second-order valence-corrected chi connectivity index (χ2v) is 4.00. The molecule has 1 aromatic heterocycles. The second-order valence-electron chi connectivity index (χ2n) is 4.00. The van der Waals surface area contributed by atoms with Crippen LogP contribution in [0.5, 0.6) is 5.75 Å². The first-order valence-electron chi connectivity index (χ1n) is 6.07. The van der Waals surface area contributed by atoms with Gasteiger partial charge < -0.3 is 9.52 Å². The van der Waals surface area contributed by atoms with Crippen LogP contribution in [0.3, 0.4) is 0 Å². The molecule has 0 unspecified atom stereocenters. The molecule has 3 heteroatoms. The predicted molar refractivity (Wildman–Crippen MR) is 77.0 cm³/mol. The van der Waals surface area contributed by atoms with Crippen molar-refractivity contribution in [2.24, 2.45) is 0 Å². The van der Waals surface area contributed by atoms with Crippen LogP contribution in [0, 0.1) is 11.3 Å². The van der Waals surface area contributed by atoms with E-state index < -0.39 is 0 Å². The molecule has 0 atom stereocenters. The fourth-order valence-electron chi connectivity index (χ4n) is 1.58. The first-order chi connectivity index (χ1) is 9.79. The van der Waals surface area contributed by atoms with Gasteiger partial charge in [0.25, 0.3) is 0 Å². The Morgan fingerprint density at radius 1 is 0.850 bits per heavy atom. The van der Waals surface area contributed by atoms with E-state index in [1.807, 2.05) is 48.5 Å². The van der Waals surface area contributed by atoms with Gasteiger partial charge in [0.05, 0.1) is 17.9 Å². The highest BCUT2D eigenvalue weighted by Crippen LogP contribution is 2.21. The van der Waals surface area contributed by atoms with E-state index in [1.165, 1.54) is 0 Å². The van der Waals surface area contributed by atoms with Crippen molar-refractivity contribution < 1.29 is 9.52 Å². The molecule has 2 aromatic carbocycles. The van der Waals surface area contributed by atoms with E-state index in [2.05, 4.69) is 0 Å². The van der Waals surface area contributed by atoms with Gasteiger partial charge in [-0.05, 0) is 48.5 Å². The SMILES string of the molecule is N#Cc1ccccc1.Oc1ccc(-c2ccco2)cc1. The zero-order valence-corrected chi connectivity index (χ0v) is 10.7. The summed E-state index contributed by atoms with van der Waals surface area (Å²) in [5, 5.41) is 17.3. The van der Waals surface area contributed by atoms with E-state index in [4.69, 9.17) is 14.8 Å². The maximum Gasteiger partial charge on any atom is 0.133 e.